The summed E-state index contributed by atoms with van der Waals surface area (Å²) in [6.45, 7) is 4.13. The van der Waals surface area contributed by atoms with E-state index in [1.54, 1.807) is 0 Å². The van der Waals surface area contributed by atoms with E-state index in [0.717, 1.165) is 11.1 Å². The molecule has 1 aliphatic heterocycles. The van der Waals surface area contributed by atoms with Crippen molar-refractivity contribution in [2.24, 2.45) is 0 Å². The van der Waals surface area contributed by atoms with E-state index >= 15 is 0 Å². The van der Waals surface area contributed by atoms with Gasteiger partial charge >= 0.3 is 0 Å². The Labute approximate surface area is 157 Å². The highest BCUT2D eigenvalue weighted by molar-refractivity contribution is 7.99. The number of nitrogens with one attached hydrogen (secondary N) is 1. The Hall–Kier alpha value is -2.05. The average Bonchev–Trinajstić information content (AvgIpc) is 2.61. The van der Waals surface area contributed by atoms with Crippen LogP contribution in [0.2, 0.25) is 0 Å². The van der Waals surface area contributed by atoms with Crippen LogP contribution < -0.4 is 10.1 Å². The first-order valence-electron chi connectivity index (χ1n) is 8.54. The molecule has 0 fully saturated rings. The van der Waals surface area contributed by atoms with E-state index in [1.807, 2.05) is 44.2 Å². The number of fused-ring (bicyclic) bond motifs is 1. The summed E-state index contributed by atoms with van der Waals surface area (Å²) >= 11 is 1.44. The summed E-state index contributed by atoms with van der Waals surface area (Å²) in [5.41, 5.74) is 2.35. The van der Waals surface area contributed by atoms with E-state index in [0.29, 0.717) is 22.8 Å². The van der Waals surface area contributed by atoms with Gasteiger partial charge in [-0.15, -0.1) is 11.8 Å². The average molecular weight is 375 g/mol. The minimum atomic E-state index is -0.512. The van der Waals surface area contributed by atoms with E-state index in [2.05, 4.69) is 5.32 Å². The fraction of sp³-hybridized carbons (Fsp3) is 0.350. The SMILES string of the molecule is CC(C)NC(=O)CSCc1cc(F)cc2c1O[C@H](c1ccccc1)OC2. The number of benzene rings is 2. The summed E-state index contributed by atoms with van der Waals surface area (Å²) in [4.78, 5) is 11.8. The van der Waals surface area contributed by atoms with E-state index in [4.69, 9.17) is 9.47 Å². The van der Waals surface area contributed by atoms with Gasteiger partial charge in [0.2, 0.25) is 12.2 Å². The van der Waals surface area contributed by atoms with Crippen molar-refractivity contribution >= 4 is 17.7 Å². The van der Waals surface area contributed by atoms with Gasteiger partial charge in [0.1, 0.15) is 11.6 Å². The van der Waals surface area contributed by atoms with Gasteiger partial charge < -0.3 is 14.8 Å². The number of hydrogen-bond donors (Lipinski definition) is 1. The number of carbonyl (C=O) groups excluding carboxylic acids is 1. The predicted octanol–water partition coefficient (Wildman–Crippen LogP) is 4.19. The van der Waals surface area contributed by atoms with Gasteiger partial charge in [-0.25, -0.2) is 4.39 Å². The summed E-state index contributed by atoms with van der Waals surface area (Å²) in [7, 11) is 0. The van der Waals surface area contributed by atoms with Gasteiger partial charge in [-0.1, -0.05) is 30.3 Å². The van der Waals surface area contributed by atoms with Crippen molar-refractivity contribution in [2.45, 2.75) is 38.5 Å². The Morgan fingerprint density at radius 3 is 2.81 bits per heavy atom. The second kappa shape index (κ2) is 8.56. The summed E-state index contributed by atoms with van der Waals surface area (Å²) in [6.07, 6.45) is -0.512. The molecule has 1 aliphatic rings. The number of ether oxygens (including phenoxy) is 2. The lowest BCUT2D eigenvalue weighted by molar-refractivity contribution is -0.119. The molecule has 3 rings (SSSR count). The van der Waals surface area contributed by atoms with Crippen LogP contribution in [0.3, 0.4) is 0 Å². The molecule has 1 N–H and O–H groups in total. The molecule has 4 nitrogen and oxygen atoms in total. The maximum Gasteiger partial charge on any atom is 0.230 e. The Morgan fingerprint density at radius 1 is 1.31 bits per heavy atom. The lowest BCUT2D eigenvalue weighted by atomic mass is 10.1. The fourth-order valence-corrected chi connectivity index (χ4v) is 3.58. The summed E-state index contributed by atoms with van der Waals surface area (Å²) < 4.78 is 25.7. The molecule has 2 aromatic carbocycles. The lowest BCUT2D eigenvalue weighted by Gasteiger charge is -2.28. The van der Waals surface area contributed by atoms with Gasteiger partial charge in [0.15, 0.2) is 0 Å². The Morgan fingerprint density at radius 2 is 2.08 bits per heavy atom. The van der Waals surface area contributed by atoms with Crippen molar-refractivity contribution in [3.63, 3.8) is 0 Å². The maximum atomic E-state index is 13.9. The molecule has 0 aromatic heterocycles. The van der Waals surface area contributed by atoms with E-state index < -0.39 is 6.29 Å². The number of hydrogen-bond acceptors (Lipinski definition) is 4. The molecule has 0 aliphatic carbocycles. The molecule has 1 amide bonds. The van der Waals surface area contributed by atoms with Crippen LogP contribution in [0.5, 0.6) is 5.75 Å². The van der Waals surface area contributed by atoms with Crippen molar-refractivity contribution in [1.82, 2.24) is 5.32 Å². The van der Waals surface area contributed by atoms with Crippen molar-refractivity contribution in [1.29, 1.82) is 0 Å². The van der Waals surface area contributed by atoms with Crippen molar-refractivity contribution < 1.29 is 18.7 Å². The number of amides is 1. The van der Waals surface area contributed by atoms with Crippen molar-refractivity contribution in [3.8, 4) is 5.75 Å². The van der Waals surface area contributed by atoms with Gasteiger partial charge in [-0.3, -0.25) is 4.79 Å². The summed E-state index contributed by atoms with van der Waals surface area (Å²) in [5, 5.41) is 2.85. The van der Waals surface area contributed by atoms with Crippen molar-refractivity contribution in [2.75, 3.05) is 5.75 Å². The van der Waals surface area contributed by atoms with Gasteiger partial charge in [0, 0.05) is 28.5 Å². The first kappa shape index (κ1) is 18.7. The van der Waals surface area contributed by atoms with Gasteiger partial charge in [-0.05, 0) is 26.0 Å². The molecule has 0 bridgehead atoms. The molecular weight excluding hydrogens is 353 g/mol. The Kier molecular flexibility index (Phi) is 6.16. The first-order chi connectivity index (χ1) is 12.5. The zero-order chi connectivity index (χ0) is 18.5. The summed E-state index contributed by atoms with van der Waals surface area (Å²) in [6, 6.07) is 12.7. The molecule has 0 spiro atoms. The van der Waals surface area contributed by atoms with E-state index in [-0.39, 0.29) is 24.4 Å². The summed E-state index contributed by atoms with van der Waals surface area (Å²) in [5.74, 6) is 1.12. The van der Waals surface area contributed by atoms with Crippen LogP contribution >= 0.6 is 11.8 Å². The standard InChI is InChI=1S/C20H22FNO3S/c1-13(2)22-18(23)12-26-11-16-9-17(21)8-15-10-24-20(25-19(15)16)14-6-4-3-5-7-14/h3-9,13,20H,10-12H2,1-2H3,(H,22,23)/t20-/m1/s1. The highest BCUT2D eigenvalue weighted by atomic mass is 32.2. The van der Waals surface area contributed by atoms with Crippen LogP contribution in [-0.2, 0) is 21.9 Å². The fourth-order valence-electron chi connectivity index (χ4n) is 2.78. The number of carbonyl (C=O) groups is 1. The highest BCUT2D eigenvalue weighted by Crippen LogP contribution is 2.37. The zero-order valence-corrected chi connectivity index (χ0v) is 15.6. The minimum absolute atomic E-state index is 0.0262. The molecule has 0 unspecified atom stereocenters. The lowest BCUT2D eigenvalue weighted by Crippen LogP contribution is -2.31. The van der Waals surface area contributed by atoms with E-state index in [9.17, 15) is 9.18 Å². The zero-order valence-electron chi connectivity index (χ0n) is 14.8. The molecule has 0 saturated heterocycles. The molecular formula is C20H22FNO3S. The normalized spacial score (nSPS) is 16.1. The smallest absolute Gasteiger partial charge is 0.230 e. The molecule has 138 valence electrons. The maximum absolute atomic E-state index is 13.9. The second-order valence-electron chi connectivity index (χ2n) is 6.44. The number of rotatable bonds is 6. The molecule has 26 heavy (non-hydrogen) atoms. The highest BCUT2D eigenvalue weighted by Gasteiger charge is 2.25. The van der Waals surface area contributed by atoms with Crippen LogP contribution in [0.1, 0.15) is 36.8 Å². The van der Waals surface area contributed by atoms with Gasteiger partial charge in [-0.2, -0.15) is 0 Å². The second-order valence-corrected chi connectivity index (χ2v) is 7.43. The number of halogens is 1. The topological polar surface area (TPSA) is 47.6 Å². The third-order valence-corrected chi connectivity index (χ3v) is 4.82. The van der Waals surface area contributed by atoms with E-state index in [1.165, 1.54) is 23.9 Å². The van der Waals surface area contributed by atoms with Crippen LogP contribution in [-0.4, -0.2) is 17.7 Å². The third-order valence-electron chi connectivity index (χ3n) is 3.83. The third kappa shape index (κ3) is 4.77. The van der Waals surface area contributed by atoms with Crippen LogP contribution in [0.4, 0.5) is 4.39 Å². The van der Waals surface area contributed by atoms with Crippen LogP contribution in [0, 0.1) is 5.82 Å². The molecule has 1 atom stereocenters. The predicted molar refractivity (Wildman–Crippen MR) is 100 cm³/mol. The number of thioether (sulfide) groups is 1. The Balaban J connectivity index is 1.71. The minimum Gasteiger partial charge on any atom is -0.460 e. The van der Waals surface area contributed by atoms with Crippen molar-refractivity contribution in [3.05, 3.63) is 65.0 Å². The quantitative estimate of drug-likeness (QED) is 0.822. The van der Waals surface area contributed by atoms with Crippen LogP contribution in [0.15, 0.2) is 42.5 Å². The Bertz CT molecular complexity index is 767. The molecule has 6 heteroatoms. The van der Waals surface area contributed by atoms with Crippen LogP contribution in [0.25, 0.3) is 0 Å². The van der Waals surface area contributed by atoms with Gasteiger partial charge in [0.25, 0.3) is 0 Å². The monoisotopic (exact) mass is 375 g/mol. The largest absolute Gasteiger partial charge is 0.460 e. The molecule has 0 saturated carbocycles. The molecule has 0 radical (unpaired) electrons. The molecule has 1 heterocycles. The first-order valence-corrected chi connectivity index (χ1v) is 9.70. The van der Waals surface area contributed by atoms with Gasteiger partial charge in [0.05, 0.1) is 12.4 Å². The molecule has 2 aromatic rings.